The highest BCUT2D eigenvalue weighted by molar-refractivity contribution is 5.85. The van der Waals surface area contributed by atoms with E-state index in [-0.39, 0.29) is 42.5 Å². The zero-order chi connectivity index (χ0) is 26.1. The Balaban J connectivity index is 1.72. The molecule has 1 saturated carbocycles. The summed E-state index contributed by atoms with van der Waals surface area (Å²) in [4.78, 5) is 26.2. The maximum atomic E-state index is 14.6. The molecule has 0 spiro atoms. The number of hydrogen-bond acceptors (Lipinski definition) is 8. The molecule has 1 aliphatic heterocycles. The lowest BCUT2D eigenvalue weighted by molar-refractivity contribution is 0.126. The largest absolute Gasteiger partial charge is 0.449 e. The number of carbonyl (C=O) groups is 1. The Morgan fingerprint density at radius 3 is 2.59 bits per heavy atom. The van der Waals surface area contributed by atoms with Crippen LogP contribution in [0.2, 0.25) is 0 Å². The maximum absolute atomic E-state index is 14.6. The minimum Gasteiger partial charge on any atom is -0.449 e. The molecule has 3 aromatic rings. The average molecular weight is 521 g/mol. The molecule has 0 radical (unpaired) electrons. The van der Waals surface area contributed by atoms with Crippen LogP contribution in [0.5, 0.6) is 0 Å². The number of ether oxygens (including phenoxy) is 2. The summed E-state index contributed by atoms with van der Waals surface area (Å²) in [6.45, 7) is 2.36. The van der Waals surface area contributed by atoms with Gasteiger partial charge in [-0.15, -0.1) is 0 Å². The van der Waals surface area contributed by atoms with Crippen LogP contribution < -0.4 is 10.9 Å². The van der Waals surface area contributed by atoms with Crippen molar-refractivity contribution >= 4 is 28.9 Å². The number of halogens is 3. The van der Waals surface area contributed by atoms with Crippen molar-refractivity contribution in [2.45, 2.75) is 57.2 Å². The minimum absolute atomic E-state index is 0.0395. The zero-order valence-electron chi connectivity index (χ0n) is 20.2. The van der Waals surface area contributed by atoms with Crippen molar-refractivity contribution in [3.63, 3.8) is 0 Å². The third-order valence-corrected chi connectivity index (χ3v) is 6.58. The Morgan fingerprint density at radius 2 is 1.95 bits per heavy atom. The molecule has 37 heavy (non-hydrogen) atoms. The molecular formula is C24H27F3N6O4. The summed E-state index contributed by atoms with van der Waals surface area (Å²) >= 11 is 0. The van der Waals surface area contributed by atoms with Crippen LogP contribution in [0.25, 0.3) is 11.2 Å². The minimum atomic E-state index is -1.22. The molecule has 2 aromatic heterocycles. The molecule has 0 bridgehead atoms. The normalized spacial score (nSPS) is 22.5. The number of aliphatic hydroxyl groups is 1. The number of nitrogens with zero attached hydrogens (tertiary/aromatic N) is 5. The van der Waals surface area contributed by atoms with Crippen molar-refractivity contribution in [2.24, 2.45) is 4.99 Å². The molecule has 1 aromatic carbocycles. The fourth-order valence-electron chi connectivity index (χ4n) is 4.76. The molecule has 198 valence electrons. The third kappa shape index (κ3) is 5.05. The molecule has 2 N–H and O–H groups in total. The standard InChI is InChI=1S/C24H27F3N6O4/c1-2-37-24(35)33-19-11-28-22(29-14-3-5-16(34)6-4-14)31-21(19)32(15-7-8-36-12-15)23(33)30-20-17(26)9-13(25)10-18(20)27/h9-11,14-16,34H,2-8,12H2,1H3,(H,28,29,31)/t14?,15-,16?/m0/s1. The van der Waals surface area contributed by atoms with Crippen LogP contribution in [0.4, 0.5) is 29.6 Å². The number of aromatic nitrogens is 4. The Labute approximate surface area is 209 Å². The van der Waals surface area contributed by atoms with E-state index in [0.717, 1.165) is 17.4 Å². The number of imidazole rings is 1. The Kier molecular flexibility index (Phi) is 7.15. The van der Waals surface area contributed by atoms with Gasteiger partial charge in [0.2, 0.25) is 11.6 Å². The zero-order valence-corrected chi connectivity index (χ0v) is 20.2. The highest BCUT2D eigenvalue weighted by atomic mass is 19.1. The van der Waals surface area contributed by atoms with E-state index in [9.17, 15) is 23.1 Å². The van der Waals surface area contributed by atoms with Crippen LogP contribution in [0.3, 0.4) is 0 Å². The van der Waals surface area contributed by atoms with Crippen LogP contribution in [0.1, 0.15) is 45.1 Å². The first-order valence-electron chi connectivity index (χ1n) is 12.2. The van der Waals surface area contributed by atoms with Gasteiger partial charge in [-0.1, -0.05) is 0 Å². The molecular weight excluding hydrogens is 493 g/mol. The van der Waals surface area contributed by atoms with Gasteiger partial charge in [0.1, 0.15) is 17.0 Å². The van der Waals surface area contributed by atoms with E-state index < -0.39 is 29.2 Å². The van der Waals surface area contributed by atoms with E-state index in [4.69, 9.17) is 9.47 Å². The second-order valence-corrected chi connectivity index (χ2v) is 9.10. The second kappa shape index (κ2) is 10.5. The Bertz CT molecular complexity index is 1350. The topological polar surface area (TPSA) is 116 Å². The fraction of sp³-hybridized carbons (Fsp3) is 0.500. The first-order valence-corrected chi connectivity index (χ1v) is 12.2. The number of nitrogens with one attached hydrogen (secondary N) is 1. The van der Waals surface area contributed by atoms with E-state index in [1.54, 1.807) is 11.5 Å². The molecule has 1 aliphatic carbocycles. The smallest absolute Gasteiger partial charge is 0.421 e. The van der Waals surface area contributed by atoms with Crippen molar-refractivity contribution < 1.29 is 32.5 Å². The van der Waals surface area contributed by atoms with Gasteiger partial charge in [-0.2, -0.15) is 4.98 Å². The Hall–Kier alpha value is -3.45. The third-order valence-electron chi connectivity index (χ3n) is 6.58. The molecule has 0 unspecified atom stereocenters. The van der Waals surface area contributed by atoms with E-state index >= 15 is 0 Å². The SMILES string of the molecule is CCOC(=O)n1c(=Nc2c(F)cc(F)cc2F)n([C@H]2CCOC2)c2nc(NC3CCC(O)CC3)ncc21. The number of aliphatic hydroxyl groups excluding tert-OH is 1. The predicted molar refractivity (Wildman–Crippen MR) is 126 cm³/mol. The number of hydrogen-bond donors (Lipinski definition) is 2. The van der Waals surface area contributed by atoms with Gasteiger partial charge in [0.05, 0.1) is 31.6 Å². The number of benzene rings is 1. The van der Waals surface area contributed by atoms with Crippen LogP contribution in [-0.2, 0) is 9.47 Å². The van der Waals surface area contributed by atoms with Crippen LogP contribution in [0.15, 0.2) is 23.3 Å². The van der Waals surface area contributed by atoms with Gasteiger partial charge in [0.25, 0.3) is 0 Å². The quantitative estimate of drug-likeness (QED) is 0.529. The summed E-state index contributed by atoms with van der Waals surface area (Å²) in [7, 11) is 0. The molecule has 2 fully saturated rings. The van der Waals surface area contributed by atoms with Gasteiger partial charge in [0, 0.05) is 24.8 Å². The fourth-order valence-corrected chi connectivity index (χ4v) is 4.76. The first kappa shape index (κ1) is 25.2. The molecule has 0 amide bonds. The number of anilines is 1. The van der Waals surface area contributed by atoms with Crippen molar-refractivity contribution in [1.82, 2.24) is 19.1 Å². The highest BCUT2D eigenvalue weighted by Gasteiger charge is 2.29. The van der Waals surface area contributed by atoms with E-state index in [0.29, 0.717) is 49.6 Å². The van der Waals surface area contributed by atoms with Crippen molar-refractivity contribution in [2.75, 3.05) is 25.1 Å². The van der Waals surface area contributed by atoms with Gasteiger partial charge in [-0.25, -0.2) is 32.5 Å². The number of rotatable bonds is 5. The molecule has 1 atom stereocenters. The summed E-state index contributed by atoms with van der Waals surface area (Å²) in [6.07, 6.45) is 3.61. The highest BCUT2D eigenvalue weighted by Crippen LogP contribution is 2.27. The number of fused-ring (bicyclic) bond motifs is 1. The summed E-state index contributed by atoms with van der Waals surface area (Å²) < 4.78 is 56.1. The Morgan fingerprint density at radius 1 is 1.22 bits per heavy atom. The summed E-state index contributed by atoms with van der Waals surface area (Å²) in [5.74, 6) is -3.23. The second-order valence-electron chi connectivity index (χ2n) is 9.10. The van der Waals surface area contributed by atoms with Gasteiger partial charge < -0.3 is 19.9 Å². The molecule has 13 heteroatoms. The van der Waals surface area contributed by atoms with Gasteiger partial charge in [-0.05, 0) is 39.0 Å². The lowest BCUT2D eigenvalue weighted by Crippen LogP contribution is -2.33. The van der Waals surface area contributed by atoms with Crippen molar-refractivity contribution in [3.05, 3.63) is 41.4 Å². The monoisotopic (exact) mass is 520 g/mol. The molecule has 1 saturated heterocycles. The van der Waals surface area contributed by atoms with Crippen molar-refractivity contribution in [1.29, 1.82) is 0 Å². The van der Waals surface area contributed by atoms with Crippen molar-refractivity contribution in [3.8, 4) is 0 Å². The maximum Gasteiger partial charge on any atom is 0.421 e. The molecule has 5 rings (SSSR count). The van der Waals surface area contributed by atoms with Gasteiger partial charge >= 0.3 is 6.09 Å². The average Bonchev–Trinajstić information content (AvgIpc) is 3.48. The van der Waals surface area contributed by atoms with E-state index in [1.165, 1.54) is 6.20 Å². The molecule has 2 aliphatic rings. The molecule has 10 nitrogen and oxygen atoms in total. The summed E-state index contributed by atoms with van der Waals surface area (Å²) in [6, 6.07) is 0.745. The van der Waals surface area contributed by atoms with Crippen LogP contribution >= 0.6 is 0 Å². The van der Waals surface area contributed by atoms with Gasteiger partial charge in [0.15, 0.2) is 17.3 Å². The molecule has 3 heterocycles. The predicted octanol–water partition coefficient (Wildman–Crippen LogP) is 3.56. The lowest BCUT2D eigenvalue weighted by atomic mass is 9.93. The summed E-state index contributed by atoms with van der Waals surface area (Å²) in [5.41, 5.74) is -0.398. The first-order chi connectivity index (χ1) is 17.9. The van der Waals surface area contributed by atoms with Crippen LogP contribution in [0, 0.1) is 17.5 Å². The van der Waals surface area contributed by atoms with Crippen LogP contribution in [-0.4, -0.2) is 62.3 Å². The number of carbonyl (C=O) groups excluding carboxylic acids is 1. The van der Waals surface area contributed by atoms with Gasteiger partial charge in [-0.3, -0.25) is 4.57 Å². The van der Waals surface area contributed by atoms with E-state index in [1.807, 2.05) is 0 Å². The van der Waals surface area contributed by atoms with E-state index in [2.05, 4.69) is 20.3 Å². The summed E-state index contributed by atoms with van der Waals surface area (Å²) in [5, 5.41) is 13.1. The lowest BCUT2D eigenvalue weighted by Gasteiger charge is -2.26.